The minimum absolute atomic E-state index is 0.758. The molecule has 1 heterocycles. The van der Waals surface area contributed by atoms with Gasteiger partial charge in [-0.15, -0.1) is 0 Å². The second-order valence-electron chi connectivity index (χ2n) is 5.06. The van der Waals surface area contributed by atoms with E-state index in [0.29, 0.717) is 0 Å². The van der Waals surface area contributed by atoms with Crippen molar-refractivity contribution in [2.75, 3.05) is 45.9 Å². The van der Waals surface area contributed by atoms with Crippen LogP contribution in [-0.2, 0) is 0 Å². The first kappa shape index (κ1) is 14.8. The number of likely N-dealkylation sites (N-methyl/N-ethyl adjacent to an activating group) is 1. The fraction of sp³-hybridized carbons (Fsp3) is 0.600. The van der Waals surface area contributed by atoms with E-state index >= 15 is 0 Å². The van der Waals surface area contributed by atoms with E-state index in [-0.39, 0.29) is 0 Å². The van der Waals surface area contributed by atoms with E-state index in [0.717, 1.165) is 36.5 Å². The molecule has 1 aromatic carbocycles. The van der Waals surface area contributed by atoms with Crippen LogP contribution in [0.2, 0.25) is 0 Å². The maximum absolute atomic E-state index is 5.87. The van der Waals surface area contributed by atoms with E-state index in [1.807, 2.05) is 6.07 Å². The minimum Gasteiger partial charge on any atom is -0.491 e. The summed E-state index contributed by atoms with van der Waals surface area (Å²) < 4.78 is 6.91. The summed E-state index contributed by atoms with van der Waals surface area (Å²) in [5.74, 6) is 0.951. The third-order valence-corrected chi connectivity index (χ3v) is 4.32. The molecule has 0 spiro atoms. The Balaban J connectivity index is 1.73. The largest absolute Gasteiger partial charge is 0.491 e. The molecular weight excluding hydrogens is 304 g/mol. The van der Waals surface area contributed by atoms with Crippen LogP contribution in [0.1, 0.15) is 12.5 Å². The Morgan fingerprint density at radius 1 is 1.16 bits per heavy atom. The predicted molar refractivity (Wildman–Crippen MR) is 82.9 cm³/mol. The summed E-state index contributed by atoms with van der Waals surface area (Å²) in [4.78, 5) is 4.98. The van der Waals surface area contributed by atoms with Gasteiger partial charge in [0.2, 0.25) is 0 Å². The lowest BCUT2D eigenvalue weighted by atomic mass is 10.2. The number of hydrogen-bond donors (Lipinski definition) is 0. The van der Waals surface area contributed by atoms with Crippen molar-refractivity contribution in [2.24, 2.45) is 0 Å². The molecule has 0 atom stereocenters. The Morgan fingerprint density at radius 2 is 1.84 bits per heavy atom. The Labute approximate surface area is 124 Å². The lowest BCUT2D eigenvalue weighted by Crippen LogP contribution is -2.47. The standard InChI is InChI=1S/C15H23BrN2O/c1-3-17-6-8-18(9-7-17)10-11-19-15-12-13(2)4-5-14(15)16/h4-5,12H,3,6-11H2,1-2H3. The Bertz CT molecular complexity index is 403. The van der Waals surface area contributed by atoms with Crippen molar-refractivity contribution in [2.45, 2.75) is 13.8 Å². The molecule has 19 heavy (non-hydrogen) atoms. The zero-order chi connectivity index (χ0) is 13.7. The van der Waals surface area contributed by atoms with E-state index < -0.39 is 0 Å². The van der Waals surface area contributed by atoms with Crippen LogP contribution in [0, 0.1) is 6.92 Å². The molecule has 4 heteroatoms. The summed E-state index contributed by atoms with van der Waals surface area (Å²) in [6, 6.07) is 6.21. The van der Waals surface area contributed by atoms with Crippen molar-refractivity contribution < 1.29 is 4.74 Å². The molecule has 0 unspecified atom stereocenters. The summed E-state index contributed by atoms with van der Waals surface area (Å²) >= 11 is 3.53. The number of halogens is 1. The molecule has 1 aliphatic heterocycles. The van der Waals surface area contributed by atoms with Gasteiger partial charge < -0.3 is 9.64 Å². The normalized spacial score (nSPS) is 17.6. The average Bonchev–Trinajstić information content (AvgIpc) is 2.43. The van der Waals surface area contributed by atoms with Gasteiger partial charge in [-0.05, 0) is 47.1 Å². The van der Waals surface area contributed by atoms with Gasteiger partial charge in [0, 0.05) is 32.7 Å². The quantitative estimate of drug-likeness (QED) is 0.827. The number of nitrogens with zero attached hydrogens (tertiary/aromatic N) is 2. The first-order chi connectivity index (χ1) is 9.19. The predicted octanol–water partition coefficient (Wildman–Crippen LogP) is 2.77. The summed E-state index contributed by atoms with van der Waals surface area (Å²) in [7, 11) is 0. The number of piperazine rings is 1. The second kappa shape index (κ2) is 7.27. The zero-order valence-electron chi connectivity index (χ0n) is 11.9. The highest BCUT2D eigenvalue weighted by molar-refractivity contribution is 9.10. The first-order valence-corrected chi connectivity index (χ1v) is 7.82. The molecular formula is C15H23BrN2O. The molecule has 0 aromatic heterocycles. The Kier molecular flexibility index (Phi) is 5.67. The van der Waals surface area contributed by atoms with E-state index in [2.05, 4.69) is 51.7 Å². The van der Waals surface area contributed by atoms with Crippen molar-refractivity contribution in [3.8, 4) is 5.75 Å². The van der Waals surface area contributed by atoms with Crippen LogP contribution in [-0.4, -0.2) is 55.7 Å². The lowest BCUT2D eigenvalue weighted by molar-refractivity contribution is 0.120. The second-order valence-corrected chi connectivity index (χ2v) is 5.91. The maximum Gasteiger partial charge on any atom is 0.133 e. The van der Waals surface area contributed by atoms with Gasteiger partial charge in [0.25, 0.3) is 0 Å². The van der Waals surface area contributed by atoms with Crippen molar-refractivity contribution in [1.82, 2.24) is 9.80 Å². The first-order valence-electron chi connectivity index (χ1n) is 7.02. The smallest absolute Gasteiger partial charge is 0.133 e. The van der Waals surface area contributed by atoms with Gasteiger partial charge >= 0.3 is 0 Å². The van der Waals surface area contributed by atoms with Gasteiger partial charge in [-0.25, -0.2) is 0 Å². The van der Waals surface area contributed by atoms with Crippen LogP contribution in [0.15, 0.2) is 22.7 Å². The molecule has 0 N–H and O–H groups in total. The van der Waals surface area contributed by atoms with Gasteiger partial charge in [-0.2, -0.15) is 0 Å². The van der Waals surface area contributed by atoms with E-state index in [9.17, 15) is 0 Å². The molecule has 0 bridgehead atoms. The molecule has 106 valence electrons. The highest BCUT2D eigenvalue weighted by Gasteiger charge is 2.15. The van der Waals surface area contributed by atoms with Crippen molar-refractivity contribution in [3.05, 3.63) is 28.2 Å². The Hall–Kier alpha value is -0.580. The van der Waals surface area contributed by atoms with Crippen LogP contribution >= 0.6 is 15.9 Å². The molecule has 1 aliphatic rings. The zero-order valence-corrected chi connectivity index (χ0v) is 13.4. The van der Waals surface area contributed by atoms with Gasteiger partial charge in [0.05, 0.1) is 4.47 Å². The van der Waals surface area contributed by atoms with Crippen molar-refractivity contribution in [3.63, 3.8) is 0 Å². The van der Waals surface area contributed by atoms with E-state index in [1.54, 1.807) is 0 Å². The number of benzene rings is 1. The molecule has 2 rings (SSSR count). The van der Waals surface area contributed by atoms with Crippen LogP contribution in [0.5, 0.6) is 5.75 Å². The van der Waals surface area contributed by atoms with E-state index in [1.165, 1.54) is 25.2 Å². The molecule has 1 saturated heterocycles. The van der Waals surface area contributed by atoms with Gasteiger partial charge in [0.1, 0.15) is 12.4 Å². The monoisotopic (exact) mass is 326 g/mol. The lowest BCUT2D eigenvalue weighted by Gasteiger charge is -2.33. The highest BCUT2D eigenvalue weighted by atomic mass is 79.9. The van der Waals surface area contributed by atoms with Crippen LogP contribution in [0.3, 0.4) is 0 Å². The van der Waals surface area contributed by atoms with E-state index in [4.69, 9.17) is 4.74 Å². The molecule has 3 nitrogen and oxygen atoms in total. The molecule has 0 aliphatic carbocycles. The van der Waals surface area contributed by atoms with Gasteiger partial charge in [-0.3, -0.25) is 4.90 Å². The fourth-order valence-electron chi connectivity index (χ4n) is 2.34. The third kappa shape index (κ3) is 4.48. The van der Waals surface area contributed by atoms with Crippen LogP contribution in [0.25, 0.3) is 0 Å². The van der Waals surface area contributed by atoms with Crippen molar-refractivity contribution >= 4 is 15.9 Å². The number of aryl methyl sites for hydroxylation is 1. The molecule has 1 fully saturated rings. The number of hydrogen-bond acceptors (Lipinski definition) is 3. The summed E-state index contributed by atoms with van der Waals surface area (Å²) in [6.45, 7) is 11.9. The average molecular weight is 327 g/mol. The van der Waals surface area contributed by atoms with Crippen molar-refractivity contribution in [1.29, 1.82) is 0 Å². The number of ether oxygens (including phenoxy) is 1. The fourth-order valence-corrected chi connectivity index (χ4v) is 2.70. The number of rotatable bonds is 5. The summed E-state index contributed by atoms with van der Waals surface area (Å²) in [5.41, 5.74) is 1.23. The topological polar surface area (TPSA) is 15.7 Å². The van der Waals surface area contributed by atoms with Gasteiger partial charge in [0.15, 0.2) is 0 Å². The highest BCUT2D eigenvalue weighted by Crippen LogP contribution is 2.25. The third-order valence-electron chi connectivity index (χ3n) is 3.66. The summed E-state index contributed by atoms with van der Waals surface area (Å²) in [6.07, 6.45) is 0. The molecule has 0 radical (unpaired) electrons. The van der Waals surface area contributed by atoms with Crippen LogP contribution < -0.4 is 4.74 Å². The summed E-state index contributed by atoms with van der Waals surface area (Å²) in [5, 5.41) is 0. The Morgan fingerprint density at radius 3 is 2.53 bits per heavy atom. The minimum atomic E-state index is 0.758. The molecule has 0 amide bonds. The van der Waals surface area contributed by atoms with Gasteiger partial charge in [-0.1, -0.05) is 13.0 Å². The SMILES string of the molecule is CCN1CCN(CCOc2cc(C)ccc2Br)CC1. The molecule has 1 aromatic rings. The van der Waals surface area contributed by atoms with Crippen LogP contribution in [0.4, 0.5) is 0 Å². The molecule has 0 saturated carbocycles. The maximum atomic E-state index is 5.87.